The molecule has 0 aliphatic heterocycles. The predicted molar refractivity (Wildman–Crippen MR) is 119 cm³/mol. The number of carbonyl (C=O) groups is 1. The number of fused-ring (bicyclic) bond motifs is 1. The fourth-order valence-electron chi connectivity index (χ4n) is 3.44. The van der Waals surface area contributed by atoms with Crippen LogP contribution in [0.1, 0.15) is 11.1 Å². The van der Waals surface area contributed by atoms with Gasteiger partial charge in [-0.25, -0.2) is 14.8 Å². The van der Waals surface area contributed by atoms with Crippen molar-refractivity contribution in [2.45, 2.75) is 12.6 Å². The van der Waals surface area contributed by atoms with Crippen molar-refractivity contribution in [3.8, 4) is 11.3 Å². The maximum absolute atomic E-state index is 13.1. The first-order valence-corrected chi connectivity index (χ1v) is 10.1. The summed E-state index contributed by atoms with van der Waals surface area (Å²) >= 11 is 0. The summed E-state index contributed by atoms with van der Waals surface area (Å²) < 4.78 is 39.3. The van der Waals surface area contributed by atoms with E-state index in [4.69, 9.17) is 5.11 Å². The minimum absolute atomic E-state index is 0.0353. The van der Waals surface area contributed by atoms with Crippen LogP contribution < -0.4 is 10.6 Å². The van der Waals surface area contributed by atoms with Crippen LogP contribution in [0.3, 0.4) is 0 Å². The van der Waals surface area contributed by atoms with Gasteiger partial charge in [0.1, 0.15) is 11.6 Å². The van der Waals surface area contributed by atoms with Gasteiger partial charge in [0, 0.05) is 23.7 Å². The van der Waals surface area contributed by atoms with Crippen LogP contribution >= 0.6 is 0 Å². The van der Waals surface area contributed by atoms with E-state index in [1.165, 1.54) is 0 Å². The number of nitrogens with zero attached hydrogens (tertiary/aromatic N) is 2. The van der Waals surface area contributed by atoms with Crippen molar-refractivity contribution in [1.29, 1.82) is 0 Å². The summed E-state index contributed by atoms with van der Waals surface area (Å²) in [6.45, 7) is 0.276. The first kappa shape index (κ1) is 22.1. The Morgan fingerprint density at radius 1 is 1.00 bits per heavy atom. The van der Waals surface area contributed by atoms with Crippen molar-refractivity contribution < 1.29 is 23.1 Å². The van der Waals surface area contributed by atoms with Crippen molar-refractivity contribution in [3.05, 3.63) is 84.1 Å². The monoisotopic (exact) mass is 452 g/mol. The minimum Gasteiger partial charge on any atom is -0.465 e. The normalized spacial score (nSPS) is 11.4. The molecule has 0 bridgehead atoms. The van der Waals surface area contributed by atoms with E-state index >= 15 is 0 Å². The SMILES string of the molecule is O=C(O)NCCc1cccc(-c2cc3ccccc3c(Nc3cc(C(F)(F)F)ccn3)n2)c1. The highest BCUT2D eigenvalue weighted by molar-refractivity contribution is 5.95. The van der Waals surface area contributed by atoms with Gasteiger partial charge >= 0.3 is 12.3 Å². The number of anilines is 2. The van der Waals surface area contributed by atoms with Gasteiger partial charge in [-0.2, -0.15) is 13.2 Å². The smallest absolute Gasteiger partial charge is 0.416 e. The molecule has 2 aromatic carbocycles. The zero-order chi connectivity index (χ0) is 23.4. The van der Waals surface area contributed by atoms with Crippen LogP contribution in [-0.2, 0) is 12.6 Å². The summed E-state index contributed by atoms with van der Waals surface area (Å²) in [5, 5.41) is 15.6. The summed E-state index contributed by atoms with van der Waals surface area (Å²) in [5.74, 6) is 0.418. The quantitative estimate of drug-likeness (QED) is 0.341. The molecule has 0 aliphatic carbocycles. The second kappa shape index (κ2) is 9.15. The Morgan fingerprint density at radius 3 is 2.61 bits per heavy atom. The van der Waals surface area contributed by atoms with E-state index in [-0.39, 0.29) is 12.4 Å². The van der Waals surface area contributed by atoms with Gasteiger partial charge in [-0.15, -0.1) is 0 Å². The molecule has 2 aromatic heterocycles. The molecule has 0 atom stereocenters. The molecule has 0 aliphatic rings. The van der Waals surface area contributed by atoms with Crippen LogP contribution in [-0.4, -0.2) is 27.7 Å². The molecule has 0 radical (unpaired) electrons. The summed E-state index contributed by atoms with van der Waals surface area (Å²) in [5.41, 5.74) is 1.54. The Morgan fingerprint density at radius 2 is 1.82 bits per heavy atom. The second-order valence-electron chi connectivity index (χ2n) is 7.31. The fourth-order valence-corrected chi connectivity index (χ4v) is 3.44. The topological polar surface area (TPSA) is 87.1 Å². The molecule has 168 valence electrons. The van der Waals surface area contributed by atoms with Crippen molar-refractivity contribution in [2.24, 2.45) is 0 Å². The molecule has 4 rings (SSSR count). The lowest BCUT2D eigenvalue weighted by Crippen LogP contribution is -2.23. The first-order chi connectivity index (χ1) is 15.8. The average molecular weight is 452 g/mol. The predicted octanol–water partition coefficient (Wildman–Crippen LogP) is 5.87. The largest absolute Gasteiger partial charge is 0.465 e. The minimum atomic E-state index is -4.48. The third-order valence-electron chi connectivity index (χ3n) is 4.99. The number of amides is 1. The van der Waals surface area contributed by atoms with Gasteiger partial charge in [0.25, 0.3) is 0 Å². The van der Waals surface area contributed by atoms with Crippen molar-refractivity contribution in [3.63, 3.8) is 0 Å². The number of pyridine rings is 2. The first-order valence-electron chi connectivity index (χ1n) is 10.1. The molecule has 9 heteroatoms. The van der Waals surface area contributed by atoms with E-state index in [1.807, 2.05) is 54.6 Å². The molecule has 1 amide bonds. The van der Waals surface area contributed by atoms with E-state index in [0.717, 1.165) is 40.2 Å². The summed E-state index contributed by atoms with van der Waals surface area (Å²) in [4.78, 5) is 19.3. The zero-order valence-electron chi connectivity index (χ0n) is 17.2. The van der Waals surface area contributed by atoms with Crippen LogP contribution in [0.15, 0.2) is 72.9 Å². The number of rotatable bonds is 6. The molecule has 0 spiro atoms. The van der Waals surface area contributed by atoms with Crippen molar-refractivity contribution >= 4 is 28.5 Å². The molecular weight excluding hydrogens is 433 g/mol. The molecule has 33 heavy (non-hydrogen) atoms. The van der Waals surface area contributed by atoms with Crippen LogP contribution in [0.5, 0.6) is 0 Å². The van der Waals surface area contributed by atoms with Gasteiger partial charge in [-0.05, 0) is 41.6 Å². The molecule has 0 unspecified atom stereocenters. The molecule has 0 fully saturated rings. The Bertz CT molecular complexity index is 1310. The Labute approximate surface area is 187 Å². The van der Waals surface area contributed by atoms with E-state index in [9.17, 15) is 18.0 Å². The molecule has 3 N–H and O–H groups in total. The lowest BCUT2D eigenvalue weighted by Gasteiger charge is -2.13. The van der Waals surface area contributed by atoms with Gasteiger partial charge in [0.15, 0.2) is 0 Å². The summed E-state index contributed by atoms with van der Waals surface area (Å²) in [6.07, 6.45) is -3.95. The maximum Gasteiger partial charge on any atom is 0.416 e. The molecular formula is C24H19F3N4O2. The third-order valence-corrected chi connectivity index (χ3v) is 4.99. The van der Waals surface area contributed by atoms with Crippen LogP contribution in [0.25, 0.3) is 22.0 Å². The molecule has 0 saturated heterocycles. The van der Waals surface area contributed by atoms with Crippen LogP contribution in [0, 0.1) is 0 Å². The van der Waals surface area contributed by atoms with Gasteiger partial charge < -0.3 is 15.7 Å². The van der Waals surface area contributed by atoms with E-state index in [1.54, 1.807) is 0 Å². The van der Waals surface area contributed by atoms with Crippen LogP contribution in [0.4, 0.5) is 29.6 Å². The van der Waals surface area contributed by atoms with Gasteiger partial charge in [-0.3, -0.25) is 0 Å². The molecule has 6 nitrogen and oxygen atoms in total. The Kier molecular flexibility index (Phi) is 6.12. The number of hydrogen-bond acceptors (Lipinski definition) is 4. The van der Waals surface area contributed by atoms with E-state index in [0.29, 0.717) is 17.9 Å². The second-order valence-corrected chi connectivity index (χ2v) is 7.31. The highest BCUT2D eigenvalue weighted by Gasteiger charge is 2.30. The average Bonchev–Trinajstić information content (AvgIpc) is 2.78. The number of hydrogen-bond donors (Lipinski definition) is 3. The van der Waals surface area contributed by atoms with Crippen molar-refractivity contribution in [1.82, 2.24) is 15.3 Å². The molecule has 2 heterocycles. The number of aromatic nitrogens is 2. The van der Waals surface area contributed by atoms with Crippen molar-refractivity contribution in [2.75, 3.05) is 11.9 Å². The maximum atomic E-state index is 13.1. The summed E-state index contributed by atoms with van der Waals surface area (Å²) in [6, 6.07) is 18.7. The van der Waals surface area contributed by atoms with Crippen LogP contribution in [0.2, 0.25) is 0 Å². The lowest BCUT2D eigenvalue weighted by atomic mass is 10.0. The number of benzene rings is 2. The number of nitrogens with one attached hydrogen (secondary N) is 2. The third kappa shape index (κ3) is 5.38. The standard InChI is InChI=1S/C24H19F3N4O2/c25-24(26,27)18-9-11-28-21(14-18)31-22-19-7-2-1-5-16(19)13-20(30-22)17-6-3-4-15(12-17)8-10-29-23(32)33/h1-7,9,11-14,29H,8,10H2,(H,32,33)(H,28,30,31). The van der Waals surface area contributed by atoms with Gasteiger partial charge in [0.05, 0.1) is 11.3 Å². The summed E-state index contributed by atoms with van der Waals surface area (Å²) in [7, 11) is 0. The zero-order valence-corrected chi connectivity index (χ0v) is 17.2. The Balaban J connectivity index is 1.70. The highest BCUT2D eigenvalue weighted by Crippen LogP contribution is 2.33. The van der Waals surface area contributed by atoms with E-state index < -0.39 is 17.8 Å². The highest BCUT2D eigenvalue weighted by atomic mass is 19.4. The van der Waals surface area contributed by atoms with Gasteiger partial charge in [-0.1, -0.05) is 42.5 Å². The number of carboxylic acid groups (broad SMARTS) is 1. The van der Waals surface area contributed by atoms with Gasteiger partial charge in [0.2, 0.25) is 0 Å². The lowest BCUT2D eigenvalue weighted by molar-refractivity contribution is -0.137. The number of halogens is 3. The molecule has 0 saturated carbocycles. The van der Waals surface area contributed by atoms with E-state index in [2.05, 4.69) is 20.6 Å². The number of alkyl halides is 3. The fraction of sp³-hybridized carbons (Fsp3) is 0.125. The molecule has 4 aromatic rings. The Hall–Kier alpha value is -4.14.